The standard InChI is InChI=1S/C27H22Br4ClN3O3/c1-4-37-22-9-16(23(31)24(32)25(22)38-13-15-5-6-18(29)11-20(15)30)12-33-35-26(14(2)3)34-21-8-7-17(28)10-19(21)27(35)36/h5-12,14H,4,13H2,1-3H3. The smallest absolute Gasteiger partial charge is 0.282 e. The molecular weight excluding hydrogens is 769 g/mol. The van der Waals surface area contributed by atoms with Gasteiger partial charge in [0, 0.05) is 34.9 Å². The van der Waals surface area contributed by atoms with E-state index in [1.165, 1.54) is 4.68 Å². The Morgan fingerprint density at radius 3 is 2.45 bits per heavy atom. The highest BCUT2D eigenvalue weighted by Gasteiger charge is 2.19. The third kappa shape index (κ3) is 6.36. The van der Waals surface area contributed by atoms with Crippen molar-refractivity contribution in [3.8, 4) is 11.5 Å². The van der Waals surface area contributed by atoms with Crippen LogP contribution in [0, 0.1) is 0 Å². The number of fused-ring (bicyclic) bond motifs is 1. The van der Waals surface area contributed by atoms with Gasteiger partial charge in [0.2, 0.25) is 0 Å². The normalized spacial score (nSPS) is 11.6. The summed E-state index contributed by atoms with van der Waals surface area (Å²) < 4.78 is 16.5. The molecule has 3 aromatic carbocycles. The van der Waals surface area contributed by atoms with Gasteiger partial charge < -0.3 is 9.47 Å². The Morgan fingerprint density at radius 1 is 1.05 bits per heavy atom. The van der Waals surface area contributed by atoms with Crippen LogP contribution >= 0.6 is 75.3 Å². The van der Waals surface area contributed by atoms with Gasteiger partial charge in [-0.2, -0.15) is 9.78 Å². The zero-order valence-corrected chi connectivity index (χ0v) is 27.7. The van der Waals surface area contributed by atoms with E-state index in [2.05, 4.69) is 68.8 Å². The Hall–Kier alpha value is -1.72. The van der Waals surface area contributed by atoms with Crippen LogP contribution in [0.4, 0.5) is 0 Å². The Morgan fingerprint density at radius 2 is 1.76 bits per heavy atom. The van der Waals surface area contributed by atoms with E-state index >= 15 is 0 Å². The second-order valence-corrected chi connectivity index (χ2v) is 12.4. The quantitative estimate of drug-likeness (QED) is 0.167. The second-order valence-electron chi connectivity index (χ2n) is 8.53. The first-order chi connectivity index (χ1) is 18.1. The molecule has 38 heavy (non-hydrogen) atoms. The Balaban J connectivity index is 1.75. The van der Waals surface area contributed by atoms with Gasteiger partial charge in [-0.25, -0.2) is 4.98 Å². The first-order valence-corrected chi connectivity index (χ1v) is 15.1. The molecule has 0 saturated carbocycles. The summed E-state index contributed by atoms with van der Waals surface area (Å²) in [4.78, 5) is 18.1. The molecule has 6 nitrogen and oxygen atoms in total. The summed E-state index contributed by atoms with van der Waals surface area (Å²) in [6.07, 6.45) is 1.56. The van der Waals surface area contributed by atoms with Crippen molar-refractivity contribution in [1.29, 1.82) is 0 Å². The van der Waals surface area contributed by atoms with Gasteiger partial charge in [-0.15, -0.1) is 0 Å². The fraction of sp³-hybridized carbons (Fsp3) is 0.222. The molecule has 0 aliphatic heterocycles. The topological polar surface area (TPSA) is 65.7 Å². The molecule has 198 valence electrons. The average molecular weight is 792 g/mol. The van der Waals surface area contributed by atoms with E-state index in [0.717, 1.165) is 19.0 Å². The maximum absolute atomic E-state index is 13.4. The molecule has 11 heteroatoms. The lowest BCUT2D eigenvalue weighted by molar-refractivity contribution is 0.269. The van der Waals surface area contributed by atoms with Gasteiger partial charge in [-0.05, 0) is 59.3 Å². The predicted molar refractivity (Wildman–Crippen MR) is 167 cm³/mol. The molecule has 0 aliphatic carbocycles. The number of benzene rings is 3. The maximum Gasteiger partial charge on any atom is 0.282 e. The van der Waals surface area contributed by atoms with Crippen molar-refractivity contribution in [3.63, 3.8) is 0 Å². The summed E-state index contributed by atoms with van der Waals surface area (Å²) >= 11 is 20.8. The van der Waals surface area contributed by atoms with E-state index in [1.807, 2.05) is 51.1 Å². The predicted octanol–water partition coefficient (Wildman–Crippen LogP) is 9.08. The summed E-state index contributed by atoms with van der Waals surface area (Å²) in [5.74, 6) is 1.39. The fourth-order valence-electron chi connectivity index (χ4n) is 3.66. The summed E-state index contributed by atoms with van der Waals surface area (Å²) in [5.41, 5.74) is 1.93. The van der Waals surface area contributed by atoms with Crippen LogP contribution in [0.2, 0.25) is 5.02 Å². The van der Waals surface area contributed by atoms with Gasteiger partial charge in [0.05, 0.1) is 23.7 Å². The van der Waals surface area contributed by atoms with Crippen LogP contribution < -0.4 is 15.0 Å². The minimum atomic E-state index is -0.261. The number of halogens is 5. The lowest BCUT2D eigenvalue weighted by atomic mass is 10.2. The average Bonchev–Trinajstić information content (AvgIpc) is 2.87. The van der Waals surface area contributed by atoms with Gasteiger partial charge in [0.15, 0.2) is 11.5 Å². The van der Waals surface area contributed by atoms with Crippen molar-refractivity contribution >= 4 is 92.4 Å². The number of ether oxygens (including phenoxy) is 2. The fourth-order valence-corrected chi connectivity index (χ4v) is 5.83. The van der Waals surface area contributed by atoms with Crippen LogP contribution in [0.1, 0.15) is 43.6 Å². The molecule has 0 amide bonds. The molecule has 1 aromatic heterocycles. The van der Waals surface area contributed by atoms with E-state index in [1.54, 1.807) is 18.3 Å². The molecule has 0 N–H and O–H groups in total. The number of aromatic nitrogens is 2. The van der Waals surface area contributed by atoms with Crippen LogP contribution in [-0.2, 0) is 6.61 Å². The lowest BCUT2D eigenvalue weighted by Gasteiger charge is -2.17. The Labute approximate surface area is 258 Å². The van der Waals surface area contributed by atoms with Crippen molar-refractivity contribution in [2.24, 2.45) is 5.10 Å². The highest BCUT2D eigenvalue weighted by molar-refractivity contribution is 9.11. The van der Waals surface area contributed by atoms with Crippen molar-refractivity contribution < 1.29 is 9.47 Å². The third-order valence-electron chi connectivity index (χ3n) is 5.50. The SMILES string of the molecule is CCOc1cc(C=Nn2c(C(C)C)nc3ccc(Br)cc3c2=O)c(Br)c(Cl)c1OCc1ccc(Br)cc1Br. The molecule has 0 unspecified atom stereocenters. The highest BCUT2D eigenvalue weighted by Crippen LogP contribution is 2.43. The molecule has 0 aliphatic rings. The first-order valence-electron chi connectivity index (χ1n) is 11.6. The summed E-state index contributed by atoms with van der Waals surface area (Å²) in [5, 5.41) is 5.33. The number of rotatable bonds is 8. The number of hydrogen-bond donors (Lipinski definition) is 0. The van der Waals surface area contributed by atoms with Crippen molar-refractivity contribution in [3.05, 3.63) is 92.7 Å². The number of nitrogens with zero attached hydrogens (tertiary/aromatic N) is 3. The first kappa shape index (κ1) is 29.3. The van der Waals surface area contributed by atoms with Crippen molar-refractivity contribution in [1.82, 2.24) is 9.66 Å². The summed E-state index contributed by atoms with van der Waals surface area (Å²) in [7, 11) is 0. The van der Waals surface area contributed by atoms with Crippen LogP contribution in [0.15, 0.2) is 70.3 Å². The van der Waals surface area contributed by atoms with Gasteiger partial charge in [0.1, 0.15) is 17.5 Å². The van der Waals surface area contributed by atoms with E-state index in [-0.39, 0.29) is 18.1 Å². The van der Waals surface area contributed by atoms with Gasteiger partial charge in [-0.3, -0.25) is 4.79 Å². The van der Waals surface area contributed by atoms with Crippen LogP contribution in [0.25, 0.3) is 10.9 Å². The van der Waals surface area contributed by atoms with Crippen LogP contribution in [0.5, 0.6) is 11.5 Å². The van der Waals surface area contributed by atoms with Gasteiger partial charge >= 0.3 is 0 Å². The Kier molecular flexibility index (Phi) is 9.73. The molecule has 0 atom stereocenters. The molecule has 0 bridgehead atoms. The van der Waals surface area contributed by atoms with Gasteiger partial charge in [-0.1, -0.05) is 79.3 Å². The van der Waals surface area contributed by atoms with E-state index in [9.17, 15) is 4.79 Å². The molecule has 0 spiro atoms. The monoisotopic (exact) mass is 787 g/mol. The molecule has 0 fully saturated rings. The zero-order chi connectivity index (χ0) is 27.6. The molecule has 1 heterocycles. The van der Waals surface area contributed by atoms with E-state index < -0.39 is 0 Å². The van der Waals surface area contributed by atoms with Crippen molar-refractivity contribution in [2.45, 2.75) is 33.3 Å². The van der Waals surface area contributed by atoms with Crippen LogP contribution in [-0.4, -0.2) is 22.5 Å². The highest BCUT2D eigenvalue weighted by atomic mass is 79.9. The second kappa shape index (κ2) is 12.6. The molecule has 0 radical (unpaired) electrons. The summed E-state index contributed by atoms with van der Waals surface area (Å²) in [6.45, 7) is 6.50. The minimum Gasteiger partial charge on any atom is -0.490 e. The molecule has 4 rings (SSSR count). The third-order valence-corrected chi connectivity index (χ3v) is 8.67. The van der Waals surface area contributed by atoms with E-state index in [4.69, 9.17) is 26.1 Å². The summed E-state index contributed by atoms with van der Waals surface area (Å²) in [6, 6.07) is 13.1. The van der Waals surface area contributed by atoms with Gasteiger partial charge in [0.25, 0.3) is 5.56 Å². The Bertz CT molecular complexity index is 1610. The zero-order valence-electron chi connectivity index (χ0n) is 20.6. The van der Waals surface area contributed by atoms with E-state index in [0.29, 0.717) is 49.9 Å². The molecular formula is C27H22Br4ClN3O3. The minimum absolute atomic E-state index is 0.0346. The largest absolute Gasteiger partial charge is 0.490 e. The van der Waals surface area contributed by atoms with Crippen molar-refractivity contribution in [2.75, 3.05) is 6.61 Å². The molecule has 0 saturated heterocycles. The number of hydrogen-bond acceptors (Lipinski definition) is 5. The van der Waals surface area contributed by atoms with Crippen LogP contribution in [0.3, 0.4) is 0 Å². The lowest BCUT2D eigenvalue weighted by Crippen LogP contribution is -2.23. The molecule has 4 aromatic rings. The maximum atomic E-state index is 13.4.